The molecule has 7 heteroatoms. The molecular weight excluding hydrogens is 332 g/mol. The molecule has 2 atom stereocenters. The topological polar surface area (TPSA) is 66.8 Å². The average molecular weight is 352 g/mol. The van der Waals surface area contributed by atoms with Gasteiger partial charge in [-0.25, -0.2) is 8.42 Å². The molecule has 0 spiro atoms. The SMILES string of the molecule is CC(C)CC(=O)N=C1S[C@H]2CS(=O)(=O)C[C@H]2N1c1ccccc1. The van der Waals surface area contributed by atoms with Crippen LogP contribution in [0.3, 0.4) is 0 Å². The Morgan fingerprint density at radius 1 is 1.30 bits per heavy atom. The molecule has 2 saturated heterocycles. The molecule has 1 aromatic rings. The van der Waals surface area contributed by atoms with Crippen molar-refractivity contribution in [3.8, 4) is 0 Å². The molecule has 5 nitrogen and oxygen atoms in total. The number of amides is 1. The van der Waals surface area contributed by atoms with E-state index in [0.717, 1.165) is 5.69 Å². The molecule has 0 bridgehead atoms. The highest BCUT2D eigenvalue weighted by Crippen LogP contribution is 2.40. The highest BCUT2D eigenvalue weighted by Gasteiger charge is 2.49. The number of thioether (sulfide) groups is 1. The van der Waals surface area contributed by atoms with Gasteiger partial charge in [-0.05, 0) is 18.1 Å². The number of benzene rings is 1. The van der Waals surface area contributed by atoms with Gasteiger partial charge >= 0.3 is 0 Å². The van der Waals surface area contributed by atoms with Gasteiger partial charge in [-0.15, -0.1) is 0 Å². The lowest BCUT2D eigenvalue weighted by atomic mass is 10.1. The number of hydrogen-bond acceptors (Lipinski definition) is 4. The van der Waals surface area contributed by atoms with E-state index in [0.29, 0.717) is 11.6 Å². The number of aliphatic imine (C=N–C) groups is 1. The molecule has 23 heavy (non-hydrogen) atoms. The van der Waals surface area contributed by atoms with Crippen LogP contribution in [0, 0.1) is 5.92 Å². The predicted molar refractivity (Wildman–Crippen MR) is 94.6 cm³/mol. The second kappa shape index (κ2) is 6.28. The van der Waals surface area contributed by atoms with Crippen LogP contribution in [0.1, 0.15) is 20.3 Å². The second-order valence-corrected chi connectivity index (χ2v) is 9.75. The van der Waals surface area contributed by atoms with Crippen LogP contribution in [0.2, 0.25) is 0 Å². The van der Waals surface area contributed by atoms with Gasteiger partial charge < -0.3 is 4.90 Å². The number of rotatable bonds is 3. The number of carbonyl (C=O) groups excluding carboxylic acids is 1. The first kappa shape index (κ1) is 16.5. The van der Waals surface area contributed by atoms with Crippen LogP contribution in [0.5, 0.6) is 0 Å². The van der Waals surface area contributed by atoms with E-state index in [4.69, 9.17) is 0 Å². The fourth-order valence-corrected chi connectivity index (χ4v) is 6.89. The lowest BCUT2D eigenvalue weighted by Gasteiger charge is -2.24. The molecule has 124 valence electrons. The number of nitrogens with zero attached hydrogens (tertiary/aromatic N) is 2. The Morgan fingerprint density at radius 2 is 2.00 bits per heavy atom. The number of hydrogen-bond donors (Lipinski definition) is 0. The first-order valence-corrected chi connectivity index (χ1v) is 10.4. The standard InChI is InChI=1S/C16H20N2O3S2/c1-11(2)8-15(19)17-16-18(12-6-4-3-5-7-12)13-9-23(20,21)10-14(13)22-16/h3-7,11,13-14H,8-10H2,1-2H3/t13-,14+/m1/s1. The number of carbonyl (C=O) groups is 1. The van der Waals surface area contributed by atoms with E-state index in [1.165, 1.54) is 11.8 Å². The van der Waals surface area contributed by atoms with E-state index in [-0.39, 0.29) is 34.6 Å². The zero-order chi connectivity index (χ0) is 16.6. The van der Waals surface area contributed by atoms with Crippen molar-refractivity contribution < 1.29 is 13.2 Å². The lowest BCUT2D eigenvalue weighted by molar-refractivity contribution is -0.118. The molecule has 0 saturated carbocycles. The van der Waals surface area contributed by atoms with Crippen molar-refractivity contribution in [2.24, 2.45) is 10.9 Å². The van der Waals surface area contributed by atoms with Crippen LogP contribution >= 0.6 is 11.8 Å². The predicted octanol–water partition coefficient (Wildman–Crippen LogP) is 2.33. The van der Waals surface area contributed by atoms with Crippen molar-refractivity contribution >= 4 is 38.4 Å². The largest absolute Gasteiger partial charge is 0.316 e. The third-order valence-electron chi connectivity index (χ3n) is 3.90. The molecule has 0 N–H and O–H groups in total. The highest BCUT2D eigenvalue weighted by atomic mass is 32.2. The maximum atomic E-state index is 12.1. The van der Waals surface area contributed by atoms with E-state index in [2.05, 4.69) is 4.99 Å². The van der Waals surface area contributed by atoms with Gasteiger partial charge in [-0.2, -0.15) is 4.99 Å². The minimum absolute atomic E-state index is 0.0502. The van der Waals surface area contributed by atoms with E-state index in [1.807, 2.05) is 49.1 Å². The minimum Gasteiger partial charge on any atom is -0.316 e. The summed E-state index contributed by atoms with van der Waals surface area (Å²) in [6.07, 6.45) is 0.403. The van der Waals surface area contributed by atoms with E-state index in [9.17, 15) is 13.2 Å². The minimum atomic E-state index is -3.02. The molecule has 1 aromatic carbocycles. The second-order valence-electron chi connectivity index (χ2n) is 6.39. The summed E-state index contributed by atoms with van der Waals surface area (Å²) >= 11 is 1.42. The smallest absolute Gasteiger partial charge is 0.248 e. The van der Waals surface area contributed by atoms with E-state index in [1.54, 1.807) is 0 Å². The monoisotopic (exact) mass is 352 g/mol. The number of para-hydroxylation sites is 1. The zero-order valence-electron chi connectivity index (χ0n) is 13.2. The van der Waals surface area contributed by atoms with Crippen LogP contribution in [0.15, 0.2) is 35.3 Å². The van der Waals surface area contributed by atoms with Crippen molar-refractivity contribution in [3.63, 3.8) is 0 Å². The van der Waals surface area contributed by atoms with Crippen LogP contribution in [0.25, 0.3) is 0 Å². The Balaban J connectivity index is 1.94. The summed E-state index contributed by atoms with van der Waals surface area (Å²) in [5, 5.41) is 0.581. The molecule has 2 aliphatic rings. The highest BCUT2D eigenvalue weighted by molar-refractivity contribution is 8.16. The third-order valence-corrected chi connectivity index (χ3v) is 7.11. The number of anilines is 1. The summed E-state index contributed by atoms with van der Waals surface area (Å²) in [4.78, 5) is 18.3. The van der Waals surface area contributed by atoms with Gasteiger partial charge in [0.25, 0.3) is 0 Å². The van der Waals surface area contributed by atoms with Crippen molar-refractivity contribution in [1.82, 2.24) is 0 Å². The summed E-state index contributed by atoms with van der Waals surface area (Å²) in [6, 6.07) is 9.44. The molecule has 2 heterocycles. The first-order valence-electron chi connectivity index (χ1n) is 7.68. The Labute approximate surface area is 141 Å². The number of amidine groups is 1. The Bertz CT molecular complexity index is 729. The van der Waals surface area contributed by atoms with Gasteiger partial charge in [0.1, 0.15) is 0 Å². The average Bonchev–Trinajstić information content (AvgIpc) is 2.89. The molecular formula is C16H20N2O3S2. The molecule has 1 amide bonds. The maximum absolute atomic E-state index is 12.1. The number of sulfone groups is 1. The van der Waals surface area contributed by atoms with E-state index < -0.39 is 9.84 Å². The van der Waals surface area contributed by atoms with Crippen LogP contribution in [0.4, 0.5) is 5.69 Å². The molecule has 2 aliphatic heterocycles. The van der Waals surface area contributed by atoms with Gasteiger partial charge in [-0.3, -0.25) is 4.79 Å². The fraction of sp³-hybridized carbons (Fsp3) is 0.500. The normalized spacial score (nSPS) is 27.6. The molecule has 0 radical (unpaired) electrons. The van der Waals surface area contributed by atoms with Gasteiger partial charge in [0.05, 0.1) is 17.5 Å². The zero-order valence-corrected chi connectivity index (χ0v) is 14.8. The van der Waals surface area contributed by atoms with Gasteiger partial charge in [0, 0.05) is 17.4 Å². The molecule has 0 aromatic heterocycles. The maximum Gasteiger partial charge on any atom is 0.248 e. The van der Waals surface area contributed by atoms with Crippen LogP contribution < -0.4 is 4.90 Å². The van der Waals surface area contributed by atoms with Gasteiger partial charge in [0.15, 0.2) is 15.0 Å². The summed E-state index contributed by atoms with van der Waals surface area (Å²) in [7, 11) is -3.02. The quantitative estimate of drug-likeness (QED) is 0.835. The first-order chi connectivity index (χ1) is 10.9. The summed E-state index contributed by atoms with van der Waals surface area (Å²) in [5.74, 6) is 0.384. The lowest BCUT2D eigenvalue weighted by Crippen LogP contribution is -2.37. The summed E-state index contributed by atoms with van der Waals surface area (Å²) in [5.41, 5.74) is 0.890. The van der Waals surface area contributed by atoms with Gasteiger partial charge in [0.2, 0.25) is 5.91 Å². The molecule has 3 rings (SSSR count). The molecule has 0 unspecified atom stereocenters. The third kappa shape index (κ3) is 3.61. The van der Waals surface area contributed by atoms with Crippen molar-refractivity contribution in [2.75, 3.05) is 16.4 Å². The number of fused-ring (bicyclic) bond motifs is 1. The molecule has 0 aliphatic carbocycles. The summed E-state index contributed by atoms with van der Waals surface area (Å²) < 4.78 is 23.9. The Morgan fingerprint density at radius 3 is 2.65 bits per heavy atom. The van der Waals surface area contributed by atoms with Gasteiger partial charge in [-0.1, -0.05) is 43.8 Å². The van der Waals surface area contributed by atoms with Crippen LogP contribution in [-0.4, -0.2) is 42.3 Å². The molecule has 2 fully saturated rings. The Kier molecular flexibility index (Phi) is 4.51. The summed E-state index contributed by atoms with van der Waals surface area (Å²) in [6.45, 7) is 3.96. The Hall–Kier alpha value is -1.34. The fourth-order valence-electron chi connectivity index (χ4n) is 2.96. The van der Waals surface area contributed by atoms with Crippen molar-refractivity contribution in [3.05, 3.63) is 30.3 Å². The van der Waals surface area contributed by atoms with Crippen LogP contribution in [-0.2, 0) is 14.6 Å². The van der Waals surface area contributed by atoms with Crippen molar-refractivity contribution in [2.45, 2.75) is 31.6 Å². The van der Waals surface area contributed by atoms with E-state index >= 15 is 0 Å². The van der Waals surface area contributed by atoms with Crippen molar-refractivity contribution in [1.29, 1.82) is 0 Å².